The van der Waals surface area contributed by atoms with Gasteiger partial charge < -0.3 is 5.32 Å². The Labute approximate surface area is 124 Å². The highest BCUT2D eigenvalue weighted by Gasteiger charge is 2.30. The molecule has 0 spiro atoms. The maximum Gasteiger partial charge on any atom is 0.416 e. The Hall–Kier alpha value is -2.37. The first-order valence-electron chi connectivity index (χ1n) is 6.51. The van der Waals surface area contributed by atoms with Gasteiger partial charge in [0.15, 0.2) is 0 Å². The van der Waals surface area contributed by atoms with Crippen LogP contribution in [0.15, 0.2) is 48.5 Å². The molecule has 0 unspecified atom stereocenters. The maximum absolute atomic E-state index is 13.5. The normalized spacial score (nSPS) is 12.8. The van der Waals surface area contributed by atoms with Crippen molar-refractivity contribution in [3.63, 3.8) is 0 Å². The third kappa shape index (κ3) is 3.63. The number of hydrogen-bond donors (Lipinski definition) is 1. The van der Waals surface area contributed by atoms with Crippen molar-refractivity contribution in [3.05, 3.63) is 71.0 Å². The summed E-state index contributed by atoms with van der Waals surface area (Å²) in [5, 5.41) is 2.49. The molecule has 116 valence electrons. The second kappa shape index (κ2) is 6.17. The average Bonchev–Trinajstić information content (AvgIpc) is 2.46. The van der Waals surface area contributed by atoms with Gasteiger partial charge in [-0.3, -0.25) is 4.79 Å². The van der Waals surface area contributed by atoms with Crippen LogP contribution < -0.4 is 5.32 Å². The number of halogens is 4. The van der Waals surface area contributed by atoms with Crippen molar-refractivity contribution in [1.29, 1.82) is 0 Å². The van der Waals surface area contributed by atoms with Crippen LogP contribution in [-0.2, 0) is 6.18 Å². The number of amides is 1. The van der Waals surface area contributed by atoms with E-state index in [2.05, 4.69) is 5.32 Å². The lowest BCUT2D eigenvalue weighted by Gasteiger charge is -2.16. The van der Waals surface area contributed by atoms with E-state index < -0.39 is 29.5 Å². The van der Waals surface area contributed by atoms with Gasteiger partial charge in [-0.15, -0.1) is 0 Å². The zero-order valence-corrected chi connectivity index (χ0v) is 11.6. The fourth-order valence-electron chi connectivity index (χ4n) is 1.99. The van der Waals surface area contributed by atoms with Crippen LogP contribution in [0.1, 0.15) is 34.5 Å². The van der Waals surface area contributed by atoms with Crippen LogP contribution >= 0.6 is 0 Å². The van der Waals surface area contributed by atoms with Gasteiger partial charge in [0.2, 0.25) is 0 Å². The Morgan fingerprint density at radius 2 is 1.77 bits per heavy atom. The van der Waals surface area contributed by atoms with E-state index in [9.17, 15) is 22.4 Å². The van der Waals surface area contributed by atoms with Crippen molar-refractivity contribution >= 4 is 5.91 Å². The molecule has 2 aromatic carbocycles. The number of hydrogen-bond acceptors (Lipinski definition) is 1. The number of alkyl halides is 3. The number of carbonyl (C=O) groups is 1. The molecule has 0 aliphatic heterocycles. The zero-order valence-electron chi connectivity index (χ0n) is 11.6. The molecular weight excluding hydrogens is 298 g/mol. The second-order valence-corrected chi connectivity index (χ2v) is 4.80. The molecule has 0 saturated heterocycles. The molecule has 0 radical (unpaired) electrons. The monoisotopic (exact) mass is 311 g/mol. The first-order chi connectivity index (χ1) is 10.3. The quantitative estimate of drug-likeness (QED) is 0.840. The molecule has 2 rings (SSSR count). The topological polar surface area (TPSA) is 29.1 Å². The molecule has 0 aromatic heterocycles. The highest BCUT2D eigenvalue weighted by Crippen LogP contribution is 2.30. The zero-order chi connectivity index (χ0) is 16.3. The summed E-state index contributed by atoms with van der Waals surface area (Å²) in [6.45, 7) is 1.54. The standard InChI is InChI=1S/C16H13F4NO/c1-10(11-5-4-6-12(9-11)16(18,19)20)21-15(22)13-7-2-3-8-14(13)17/h2-10H,1H3,(H,21,22)/t10-/m0/s1. The lowest BCUT2D eigenvalue weighted by atomic mass is 10.0. The number of rotatable bonds is 3. The summed E-state index contributed by atoms with van der Waals surface area (Å²) in [5.41, 5.74) is -0.655. The molecule has 2 aromatic rings. The first-order valence-corrected chi connectivity index (χ1v) is 6.51. The van der Waals surface area contributed by atoms with E-state index in [4.69, 9.17) is 0 Å². The summed E-state index contributed by atoms with van der Waals surface area (Å²) in [7, 11) is 0. The minimum atomic E-state index is -4.45. The molecule has 1 atom stereocenters. The van der Waals surface area contributed by atoms with Crippen molar-refractivity contribution in [2.75, 3.05) is 0 Å². The second-order valence-electron chi connectivity index (χ2n) is 4.80. The molecule has 0 bridgehead atoms. The lowest BCUT2D eigenvalue weighted by Crippen LogP contribution is -2.27. The minimum Gasteiger partial charge on any atom is -0.345 e. The van der Waals surface area contributed by atoms with Crippen molar-refractivity contribution < 1.29 is 22.4 Å². The van der Waals surface area contributed by atoms with Crippen molar-refractivity contribution in [1.82, 2.24) is 5.32 Å². The molecule has 1 amide bonds. The van der Waals surface area contributed by atoms with E-state index in [1.807, 2.05) is 0 Å². The molecule has 0 aliphatic rings. The summed E-state index contributed by atoms with van der Waals surface area (Å²) in [6.07, 6.45) is -4.45. The van der Waals surface area contributed by atoms with Gasteiger partial charge in [-0.25, -0.2) is 4.39 Å². The largest absolute Gasteiger partial charge is 0.416 e. The average molecular weight is 311 g/mol. The van der Waals surface area contributed by atoms with Crippen molar-refractivity contribution in [3.8, 4) is 0 Å². The Bertz CT molecular complexity index is 682. The highest BCUT2D eigenvalue weighted by molar-refractivity contribution is 5.94. The fraction of sp³-hybridized carbons (Fsp3) is 0.188. The molecule has 2 nitrogen and oxygen atoms in total. The first kappa shape index (κ1) is 16.0. The van der Waals surface area contributed by atoms with Gasteiger partial charge in [0, 0.05) is 0 Å². The molecule has 0 heterocycles. The van der Waals surface area contributed by atoms with Crippen LogP contribution in [0.25, 0.3) is 0 Å². The predicted molar refractivity (Wildman–Crippen MR) is 73.7 cm³/mol. The molecule has 0 aliphatic carbocycles. The third-order valence-corrected chi connectivity index (χ3v) is 3.18. The van der Waals surface area contributed by atoms with E-state index in [1.165, 1.54) is 37.3 Å². The Morgan fingerprint density at radius 3 is 2.41 bits per heavy atom. The van der Waals surface area contributed by atoms with E-state index in [0.717, 1.165) is 18.2 Å². The van der Waals surface area contributed by atoms with Crippen LogP contribution in [0, 0.1) is 5.82 Å². The van der Waals surface area contributed by atoms with Crippen molar-refractivity contribution in [2.24, 2.45) is 0 Å². The van der Waals surface area contributed by atoms with Crippen LogP contribution in [0.4, 0.5) is 17.6 Å². The van der Waals surface area contributed by atoms with Crippen LogP contribution in [-0.4, -0.2) is 5.91 Å². The summed E-state index contributed by atoms with van der Waals surface area (Å²) in [4.78, 5) is 12.0. The highest BCUT2D eigenvalue weighted by atomic mass is 19.4. The Morgan fingerprint density at radius 1 is 1.09 bits per heavy atom. The molecule has 1 N–H and O–H groups in total. The smallest absolute Gasteiger partial charge is 0.345 e. The van der Waals surface area contributed by atoms with Gasteiger partial charge in [-0.2, -0.15) is 13.2 Å². The van der Waals surface area contributed by atoms with Gasteiger partial charge in [0.1, 0.15) is 5.82 Å². The Balaban J connectivity index is 2.18. The summed E-state index contributed by atoms with van der Waals surface area (Å²) in [6, 6.07) is 9.38. The van der Waals surface area contributed by atoms with E-state index >= 15 is 0 Å². The van der Waals surface area contributed by atoms with Gasteiger partial charge >= 0.3 is 6.18 Å². The van der Waals surface area contributed by atoms with Gasteiger partial charge in [-0.05, 0) is 36.8 Å². The molecule has 0 saturated carbocycles. The SMILES string of the molecule is C[C@H](NC(=O)c1ccccc1F)c1cccc(C(F)(F)F)c1. The van der Waals surface area contributed by atoms with E-state index in [1.54, 1.807) is 0 Å². The van der Waals surface area contributed by atoms with Gasteiger partial charge in [0.05, 0.1) is 17.2 Å². The predicted octanol–water partition coefficient (Wildman–Crippen LogP) is 4.34. The van der Waals surface area contributed by atoms with Crippen LogP contribution in [0.3, 0.4) is 0 Å². The molecule has 22 heavy (non-hydrogen) atoms. The van der Waals surface area contributed by atoms with E-state index in [0.29, 0.717) is 5.56 Å². The Kier molecular flexibility index (Phi) is 4.49. The molecular formula is C16H13F4NO. The molecule has 0 fully saturated rings. The summed E-state index contributed by atoms with van der Waals surface area (Å²) in [5.74, 6) is -1.36. The maximum atomic E-state index is 13.5. The van der Waals surface area contributed by atoms with Crippen molar-refractivity contribution in [2.45, 2.75) is 19.1 Å². The summed E-state index contributed by atoms with van der Waals surface area (Å²) < 4.78 is 51.5. The fourth-order valence-corrected chi connectivity index (χ4v) is 1.99. The number of carbonyl (C=O) groups excluding carboxylic acids is 1. The van der Waals surface area contributed by atoms with Gasteiger partial charge in [-0.1, -0.05) is 24.3 Å². The molecule has 6 heteroatoms. The number of benzene rings is 2. The minimum absolute atomic E-state index is 0.152. The summed E-state index contributed by atoms with van der Waals surface area (Å²) >= 11 is 0. The van der Waals surface area contributed by atoms with Crippen LogP contribution in [0.5, 0.6) is 0 Å². The lowest BCUT2D eigenvalue weighted by molar-refractivity contribution is -0.137. The number of nitrogens with one attached hydrogen (secondary N) is 1. The van der Waals surface area contributed by atoms with E-state index in [-0.39, 0.29) is 5.56 Å². The van der Waals surface area contributed by atoms with Crippen LogP contribution in [0.2, 0.25) is 0 Å². The van der Waals surface area contributed by atoms with Gasteiger partial charge in [0.25, 0.3) is 5.91 Å². The third-order valence-electron chi connectivity index (χ3n) is 3.18.